The smallest absolute Gasteiger partial charge is 0.160 e. The molecule has 0 saturated heterocycles. The summed E-state index contributed by atoms with van der Waals surface area (Å²) in [5.74, 6) is 0.701. The van der Waals surface area contributed by atoms with Crippen LogP contribution < -0.4 is 0 Å². The molecule has 2 heteroatoms. The molecule has 1 aromatic heterocycles. The van der Waals surface area contributed by atoms with Gasteiger partial charge in [-0.3, -0.25) is 0 Å². The summed E-state index contributed by atoms with van der Waals surface area (Å²) in [7, 11) is 0. The van der Waals surface area contributed by atoms with Crippen LogP contribution in [0.4, 0.5) is 0 Å². The van der Waals surface area contributed by atoms with E-state index in [0.717, 1.165) is 33.6 Å². The molecule has 1 heterocycles. The molecule has 0 aliphatic heterocycles. The van der Waals surface area contributed by atoms with Gasteiger partial charge in [0.05, 0.1) is 11.4 Å². The van der Waals surface area contributed by atoms with E-state index in [0.29, 0.717) is 5.82 Å². The number of hydrogen-bond donors (Lipinski definition) is 0. The molecule has 10 aromatic rings. The van der Waals surface area contributed by atoms with Crippen LogP contribution in [0.15, 0.2) is 206 Å². The summed E-state index contributed by atoms with van der Waals surface area (Å²) < 4.78 is 0. The molecule has 12 rings (SSSR count). The summed E-state index contributed by atoms with van der Waals surface area (Å²) in [6, 6.07) is 75.4. The van der Waals surface area contributed by atoms with Crippen molar-refractivity contribution in [1.82, 2.24) is 9.97 Å². The number of hydrogen-bond acceptors (Lipinski definition) is 2. The van der Waals surface area contributed by atoms with Crippen LogP contribution in [0.3, 0.4) is 0 Å². The summed E-state index contributed by atoms with van der Waals surface area (Å²) in [5, 5.41) is 2.53. The Bertz CT molecular complexity index is 3470. The normalized spacial score (nSPS) is 13.9. The summed E-state index contributed by atoms with van der Waals surface area (Å²) >= 11 is 0. The molecular weight excluding hydrogens is 773 g/mol. The van der Waals surface area contributed by atoms with Gasteiger partial charge in [-0.15, -0.1) is 0 Å². The first-order valence-electron chi connectivity index (χ1n) is 22.4. The van der Waals surface area contributed by atoms with E-state index in [4.69, 9.17) is 9.97 Å². The molecule has 9 aromatic carbocycles. The molecule has 0 fully saturated rings. The first-order valence-corrected chi connectivity index (χ1v) is 22.4. The standard InChI is InChI=1S/C62H46N2/c1-61(2)52-26-14-13-23-50(52)58-48(24-15-27-53(58)61)45-33-46(49-25-16-28-54-59(49)51-36-43-21-11-12-22-44(43)37-55(51)62(54,3)4)35-47(34-45)57-38-56(63-60(64-57)42-19-9-6-10-20-42)41-31-29-40(30-32-41)39-17-7-5-8-18-39/h5-38H,1-4H3. The highest BCUT2D eigenvalue weighted by Gasteiger charge is 2.38. The highest BCUT2D eigenvalue weighted by atomic mass is 14.9. The summed E-state index contributed by atoms with van der Waals surface area (Å²) in [5.41, 5.74) is 22.4. The van der Waals surface area contributed by atoms with Crippen molar-refractivity contribution in [2.24, 2.45) is 0 Å². The van der Waals surface area contributed by atoms with E-state index < -0.39 is 0 Å². The first kappa shape index (κ1) is 38.0. The van der Waals surface area contributed by atoms with Gasteiger partial charge in [-0.2, -0.15) is 0 Å². The van der Waals surface area contributed by atoms with Crippen LogP contribution in [0.5, 0.6) is 0 Å². The lowest BCUT2D eigenvalue weighted by molar-refractivity contribution is 0.660. The lowest BCUT2D eigenvalue weighted by Crippen LogP contribution is -2.14. The SMILES string of the molecule is CC1(C)c2ccccc2-c2c(-c3cc(-c4cc(-c5ccc(-c6ccccc6)cc5)nc(-c5ccccc5)n4)cc(-c4cccc5c4-c4cc6ccccc6cc4C5(C)C)c3)cccc21. The zero-order valence-corrected chi connectivity index (χ0v) is 36.5. The minimum absolute atomic E-state index is 0.122. The van der Waals surface area contributed by atoms with Crippen LogP contribution in [0.2, 0.25) is 0 Å². The van der Waals surface area contributed by atoms with Crippen molar-refractivity contribution in [1.29, 1.82) is 0 Å². The fourth-order valence-electron chi connectivity index (χ4n) is 10.7. The number of aromatic nitrogens is 2. The molecule has 0 amide bonds. The Kier molecular flexibility index (Phi) is 8.58. The Morgan fingerprint density at radius 2 is 0.734 bits per heavy atom. The number of benzene rings is 9. The fourth-order valence-corrected chi connectivity index (χ4v) is 10.7. The molecule has 0 radical (unpaired) electrons. The van der Waals surface area contributed by atoms with E-state index >= 15 is 0 Å². The molecular formula is C62H46N2. The second-order valence-electron chi connectivity index (χ2n) is 18.6. The van der Waals surface area contributed by atoms with Gasteiger partial charge in [0.2, 0.25) is 0 Å². The third kappa shape index (κ3) is 6.01. The van der Waals surface area contributed by atoms with E-state index in [-0.39, 0.29) is 10.8 Å². The van der Waals surface area contributed by atoms with Crippen LogP contribution in [0.1, 0.15) is 49.9 Å². The van der Waals surface area contributed by atoms with Gasteiger partial charge in [0.15, 0.2) is 5.82 Å². The molecule has 0 spiro atoms. The molecule has 2 aliphatic carbocycles. The highest BCUT2D eigenvalue weighted by Crippen LogP contribution is 2.55. The van der Waals surface area contributed by atoms with Crippen LogP contribution in [-0.2, 0) is 10.8 Å². The molecule has 0 saturated carbocycles. The Hall–Kier alpha value is -7.68. The van der Waals surface area contributed by atoms with Crippen molar-refractivity contribution in [3.63, 3.8) is 0 Å². The minimum Gasteiger partial charge on any atom is -0.228 e. The third-order valence-corrected chi connectivity index (χ3v) is 14.1. The van der Waals surface area contributed by atoms with Crippen molar-refractivity contribution in [2.45, 2.75) is 38.5 Å². The summed E-state index contributed by atoms with van der Waals surface area (Å²) in [4.78, 5) is 10.7. The molecule has 0 unspecified atom stereocenters. The van der Waals surface area contributed by atoms with Gasteiger partial charge in [-0.05, 0) is 125 Å². The molecule has 64 heavy (non-hydrogen) atoms. The molecule has 304 valence electrons. The van der Waals surface area contributed by atoms with Crippen molar-refractivity contribution in [3.8, 4) is 89.5 Å². The zero-order chi connectivity index (χ0) is 43.2. The summed E-state index contributed by atoms with van der Waals surface area (Å²) in [6.07, 6.45) is 0. The number of fused-ring (bicyclic) bond motifs is 7. The number of nitrogens with zero attached hydrogens (tertiary/aromatic N) is 2. The van der Waals surface area contributed by atoms with Crippen LogP contribution >= 0.6 is 0 Å². The van der Waals surface area contributed by atoms with Gasteiger partial charge >= 0.3 is 0 Å². The lowest BCUT2D eigenvalue weighted by Gasteiger charge is -2.22. The van der Waals surface area contributed by atoms with E-state index in [1.165, 1.54) is 83.1 Å². The van der Waals surface area contributed by atoms with Gasteiger partial charge in [0.25, 0.3) is 0 Å². The van der Waals surface area contributed by atoms with Gasteiger partial charge < -0.3 is 0 Å². The van der Waals surface area contributed by atoms with E-state index in [1.807, 2.05) is 6.07 Å². The van der Waals surface area contributed by atoms with Crippen LogP contribution in [0, 0.1) is 0 Å². The average molecular weight is 819 g/mol. The van der Waals surface area contributed by atoms with E-state index in [2.05, 4.69) is 228 Å². The van der Waals surface area contributed by atoms with Crippen molar-refractivity contribution >= 4 is 10.8 Å². The quantitative estimate of drug-likeness (QED) is 0.167. The minimum atomic E-state index is -0.164. The van der Waals surface area contributed by atoms with Crippen molar-refractivity contribution in [3.05, 3.63) is 229 Å². The Morgan fingerprint density at radius 1 is 0.281 bits per heavy atom. The second kappa shape index (κ2) is 14.4. The maximum atomic E-state index is 5.42. The zero-order valence-electron chi connectivity index (χ0n) is 36.5. The lowest BCUT2D eigenvalue weighted by atomic mass is 9.81. The van der Waals surface area contributed by atoms with Gasteiger partial charge in [0.1, 0.15) is 0 Å². The molecule has 0 bridgehead atoms. The van der Waals surface area contributed by atoms with Gasteiger partial charge in [-0.1, -0.05) is 198 Å². The number of rotatable bonds is 6. The topological polar surface area (TPSA) is 25.8 Å². The second-order valence-corrected chi connectivity index (χ2v) is 18.6. The van der Waals surface area contributed by atoms with Crippen LogP contribution in [0.25, 0.3) is 100 Å². The molecule has 0 atom stereocenters. The molecule has 2 aliphatic rings. The largest absolute Gasteiger partial charge is 0.228 e. The molecule has 0 N–H and O–H groups in total. The van der Waals surface area contributed by atoms with Crippen molar-refractivity contribution < 1.29 is 0 Å². The van der Waals surface area contributed by atoms with Crippen molar-refractivity contribution in [2.75, 3.05) is 0 Å². The summed E-state index contributed by atoms with van der Waals surface area (Å²) in [6.45, 7) is 9.48. The average Bonchev–Trinajstić information content (AvgIpc) is 3.72. The monoisotopic (exact) mass is 818 g/mol. The maximum Gasteiger partial charge on any atom is 0.160 e. The van der Waals surface area contributed by atoms with E-state index in [1.54, 1.807) is 0 Å². The fraction of sp³-hybridized carbons (Fsp3) is 0.0968. The maximum absolute atomic E-state index is 5.42. The Labute approximate surface area is 375 Å². The van der Waals surface area contributed by atoms with Gasteiger partial charge in [-0.25, -0.2) is 9.97 Å². The molecule has 2 nitrogen and oxygen atoms in total. The predicted octanol–water partition coefficient (Wildman–Crippen LogP) is 16.2. The van der Waals surface area contributed by atoms with E-state index in [9.17, 15) is 0 Å². The van der Waals surface area contributed by atoms with Gasteiger partial charge in [0, 0.05) is 27.5 Å². The third-order valence-electron chi connectivity index (χ3n) is 14.1. The van der Waals surface area contributed by atoms with Crippen LogP contribution in [-0.4, -0.2) is 9.97 Å². The Morgan fingerprint density at radius 3 is 1.39 bits per heavy atom. The highest BCUT2D eigenvalue weighted by molar-refractivity contribution is 6.01. The Balaban J connectivity index is 1.11. The predicted molar refractivity (Wildman–Crippen MR) is 267 cm³/mol. The first-order chi connectivity index (χ1) is 31.2.